The molecule has 2 aromatic rings. The third-order valence-corrected chi connectivity index (χ3v) is 4.33. The third kappa shape index (κ3) is 7.24. The Morgan fingerprint density at radius 2 is 1.91 bits per heavy atom. The molecule has 176 valence electrons. The van der Waals surface area contributed by atoms with Crippen molar-refractivity contribution < 1.29 is 37.3 Å². The minimum absolute atomic E-state index is 0.0424. The molecule has 0 radical (unpaired) electrons. The molecular weight excluding hydrogens is 435 g/mol. The van der Waals surface area contributed by atoms with Crippen molar-refractivity contribution in [3.8, 4) is 5.75 Å². The van der Waals surface area contributed by atoms with Gasteiger partial charge in [-0.05, 0) is 17.7 Å². The summed E-state index contributed by atoms with van der Waals surface area (Å²) in [5.74, 6) is -0.496. The number of hydrogen-bond donors (Lipinski definition) is 2. The molecular formula is C20H24F3N3O6. The molecule has 0 saturated heterocycles. The molecule has 12 heteroatoms. The molecule has 0 aliphatic carbocycles. The lowest BCUT2D eigenvalue weighted by atomic mass is 10.2. The summed E-state index contributed by atoms with van der Waals surface area (Å²) < 4.78 is 57.1. The van der Waals surface area contributed by atoms with Gasteiger partial charge < -0.3 is 24.6 Å². The molecule has 0 aliphatic rings. The smallest absolute Gasteiger partial charge is 0.423 e. The van der Waals surface area contributed by atoms with Gasteiger partial charge in [-0.25, -0.2) is 4.68 Å². The number of benzene rings is 1. The Kier molecular flexibility index (Phi) is 9.02. The van der Waals surface area contributed by atoms with E-state index in [0.717, 1.165) is 10.9 Å². The maximum absolute atomic E-state index is 13.7. The van der Waals surface area contributed by atoms with Crippen molar-refractivity contribution in [1.29, 1.82) is 0 Å². The van der Waals surface area contributed by atoms with Gasteiger partial charge in [-0.2, -0.15) is 18.3 Å². The van der Waals surface area contributed by atoms with E-state index in [1.807, 2.05) is 0 Å². The lowest BCUT2D eigenvalue weighted by molar-refractivity contribution is -0.139. The Balaban J connectivity index is 2.26. The fraction of sp³-hybridized carbons (Fsp3) is 0.450. The zero-order valence-electron chi connectivity index (χ0n) is 17.5. The monoisotopic (exact) mass is 459 g/mol. The lowest BCUT2D eigenvalue weighted by Crippen LogP contribution is -2.36. The predicted octanol–water partition coefficient (Wildman–Crippen LogP) is 2.24. The van der Waals surface area contributed by atoms with Crippen LogP contribution in [0, 0.1) is 0 Å². The van der Waals surface area contributed by atoms with Crippen molar-refractivity contribution in [2.75, 3.05) is 39.4 Å². The number of carbonyl (C=O) groups is 1. The first-order chi connectivity index (χ1) is 15.2. The summed E-state index contributed by atoms with van der Waals surface area (Å²) in [5.41, 5.74) is -2.65. The zero-order chi connectivity index (χ0) is 23.7. The van der Waals surface area contributed by atoms with Gasteiger partial charge in [0.15, 0.2) is 0 Å². The normalized spacial score (nSPS) is 12.4. The van der Waals surface area contributed by atoms with E-state index in [2.05, 4.69) is 10.4 Å². The molecule has 1 aromatic heterocycles. The summed E-state index contributed by atoms with van der Waals surface area (Å²) in [6.45, 7) is -0.455. The van der Waals surface area contributed by atoms with E-state index in [4.69, 9.17) is 19.3 Å². The fourth-order valence-electron chi connectivity index (χ4n) is 2.83. The number of carboxylic acids is 1. The van der Waals surface area contributed by atoms with E-state index in [1.165, 1.54) is 14.2 Å². The average Bonchev–Trinajstić information content (AvgIpc) is 2.72. The summed E-state index contributed by atoms with van der Waals surface area (Å²) in [4.78, 5) is 23.2. The molecule has 2 N–H and O–H groups in total. The zero-order valence-corrected chi connectivity index (χ0v) is 17.5. The number of methoxy groups -OCH3 is 2. The van der Waals surface area contributed by atoms with Crippen LogP contribution in [0.2, 0.25) is 0 Å². The summed E-state index contributed by atoms with van der Waals surface area (Å²) in [6, 6.07) is 5.72. The van der Waals surface area contributed by atoms with E-state index in [-0.39, 0.29) is 32.8 Å². The van der Waals surface area contributed by atoms with Gasteiger partial charge in [-0.3, -0.25) is 9.59 Å². The molecule has 32 heavy (non-hydrogen) atoms. The largest absolute Gasteiger partial charge is 0.497 e. The van der Waals surface area contributed by atoms with Crippen molar-refractivity contribution in [1.82, 2.24) is 9.78 Å². The van der Waals surface area contributed by atoms with Crippen molar-refractivity contribution in [2.24, 2.45) is 0 Å². The molecule has 0 aliphatic heterocycles. The highest BCUT2D eigenvalue weighted by Crippen LogP contribution is 2.32. The Hall–Kier alpha value is -3.12. The van der Waals surface area contributed by atoms with Crippen LogP contribution in [0.4, 0.5) is 18.9 Å². The number of anilines is 1. The molecule has 9 nitrogen and oxygen atoms in total. The Labute approximate surface area is 181 Å². The first-order valence-electron chi connectivity index (χ1n) is 9.51. The number of carboxylic acid groups (broad SMARTS) is 1. The van der Waals surface area contributed by atoms with Gasteiger partial charge >= 0.3 is 12.1 Å². The number of rotatable bonds is 12. The highest BCUT2D eigenvalue weighted by atomic mass is 19.4. The van der Waals surface area contributed by atoms with Crippen molar-refractivity contribution in [2.45, 2.75) is 25.2 Å². The first kappa shape index (κ1) is 25.1. The van der Waals surface area contributed by atoms with Gasteiger partial charge in [0, 0.05) is 7.11 Å². The van der Waals surface area contributed by atoms with Crippen LogP contribution in [0.3, 0.4) is 0 Å². The number of nitrogens with one attached hydrogen (secondary N) is 1. The summed E-state index contributed by atoms with van der Waals surface area (Å²) in [6.07, 6.45) is -4.27. The van der Waals surface area contributed by atoms with Gasteiger partial charge in [0.25, 0.3) is 5.56 Å². The number of nitrogens with zero attached hydrogens (tertiary/aromatic N) is 2. The van der Waals surface area contributed by atoms with Crippen molar-refractivity contribution in [3.63, 3.8) is 0 Å². The van der Waals surface area contributed by atoms with E-state index in [1.54, 1.807) is 24.3 Å². The van der Waals surface area contributed by atoms with Gasteiger partial charge in [-0.1, -0.05) is 12.1 Å². The second-order valence-electron chi connectivity index (χ2n) is 6.76. The van der Waals surface area contributed by atoms with Gasteiger partial charge in [0.05, 0.1) is 57.8 Å². The summed E-state index contributed by atoms with van der Waals surface area (Å²) in [5, 5.41) is 15.1. The molecule has 0 fully saturated rings. The minimum atomic E-state index is -4.94. The second-order valence-corrected chi connectivity index (χ2v) is 6.76. The van der Waals surface area contributed by atoms with Crippen LogP contribution in [-0.4, -0.2) is 60.9 Å². The standard InChI is InChI=1S/C20H24F3N3O6/c1-30-11-14(12-32-8-7-17(27)28)25-16-9-24-26(19(29)18(16)20(21,22)23)10-13-3-5-15(31-2)6-4-13/h3-6,9,14,25H,7-8,10-12H2,1-2H3,(H,27,28)/t14-/m0/s1. The second kappa shape index (κ2) is 11.5. The highest BCUT2D eigenvalue weighted by molar-refractivity contribution is 5.66. The summed E-state index contributed by atoms with van der Waals surface area (Å²) >= 11 is 0. The van der Waals surface area contributed by atoms with Gasteiger partial charge in [-0.15, -0.1) is 0 Å². The summed E-state index contributed by atoms with van der Waals surface area (Å²) in [7, 11) is 2.83. The van der Waals surface area contributed by atoms with Crippen LogP contribution in [0.1, 0.15) is 17.5 Å². The molecule has 2 rings (SSSR count). The molecule has 0 amide bonds. The molecule has 0 saturated carbocycles. The Morgan fingerprint density at radius 1 is 1.22 bits per heavy atom. The number of alkyl halides is 3. The molecule has 1 atom stereocenters. The van der Waals surface area contributed by atoms with E-state index in [9.17, 15) is 22.8 Å². The van der Waals surface area contributed by atoms with Crippen LogP contribution in [-0.2, 0) is 27.0 Å². The number of hydrogen-bond acceptors (Lipinski definition) is 7. The SMILES string of the molecule is COC[C@@H](COCCC(=O)O)Nc1cnn(Cc2ccc(OC)cc2)c(=O)c1C(F)(F)F. The van der Waals surface area contributed by atoms with Crippen LogP contribution < -0.4 is 15.6 Å². The average molecular weight is 459 g/mol. The van der Waals surface area contributed by atoms with Gasteiger partial charge in [0.1, 0.15) is 11.3 Å². The van der Waals surface area contributed by atoms with Crippen LogP contribution in [0.25, 0.3) is 0 Å². The van der Waals surface area contributed by atoms with Crippen LogP contribution in [0.5, 0.6) is 5.75 Å². The first-order valence-corrected chi connectivity index (χ1v) is 9.51. The van der Waals surface area contributed by atoms with E-state index in [0.29, 0.717) is 11.3 Å². The molecule has 0 unspecified atom stereocenters. The molecule has 1 heterocycles. The Bertz CT molecular complexity index is 947. The third-order valence-electron chi connectivity index (χ3n) is 4.33. The predicted molar refractivity (Wildman–Crippen MR) is 108 cm³/mol. The lowest BCUT2D eigenvalue weighted by Gasteiger charge is -2.22. The Morgan fingerprint density at radius 3 is 2.47 bits per heavy atom. The number of ether oxygens (including phenoxy) is 3. The number of halogens is 3. The van der Waals surface area contributed by atoms with Crippen molar-refractivity contribution >= 4 is 11.7 Å². The molecule has 1 aromatic carbocycles. The number of aliphatic carboxylic acids is 1. The molecule has 0 bridgehead atoms. The van der Waals surface area contributed by atoms with Crippen LogP contribution in [0.15, 0.2) is 35.3 Å². The minimum Gasteiger partial charge on any atom is -0.497 e. The maximum atomic E-state index is 13.7. The van der Waals surface area contributed by atoms with Crippen LogP contribution >= 0.6 is 0 Å². The van der Waals surface area contributed by atoms with Gasteiger partial charge in [0.2, 0.25) is 0 Å². The quantitative estimate of drug-likeness (QED) is 0.465. The highest BCUT2D eigenvalue weighted by Gasteiger charge is 2.38. The maximum Gasteiger partial charge on any atom is 0.423 e. The van der Waals surface area contributed by atoms with E-state index < -0.39 is 35.0 Å². The number of aromatic nitrogens is 2. The fourth-order valence-corrected chi connectivity index (χ4v) is 2.83. The van der Waals surface area contributed by atoms with E-state index >= 15 is 0 Å². The molecule has 0 spiro atoms. The topological polar surface area (TPSA) is 112 Å². The van der Waals surface area contributed by atoms with Crippen molar-refractivity contribution in [3.05, 3.63) is 51.9 Å².